The van der Waals surface area contributed by atoms with Gasteiger partial charge in [-0.3, -0.25) is 4.79 Å². The van der Waals surface area contributed by atoms with Crippen LogP contribution in [0.2, 0.25) is 0 Å². The van der Waals surface area contributed by atoms with Gasteiger partial charge in [-0.15, -0.1) is 12.4 Å². The number of nitrogens with one attached hydrogen (secondary N) is 1. The zero-order valence-electron chi connectivity index (χ0n) is 16.8. The summed E-state index contributed by atoms with van der Waals surface area (Å²) < 4.78 is 10.3. The molecule has 0 aliphatic carbocycles. The van der Waals surface area contributed by atoms with Crippen molar-refractivity contribution in [1.29, 1.82) is 0 Å². The number of fused-ring (bicyclic) bond motifs is 1. The lowest BCUT2D eigenvalue weighted by molar-refractivity contribution is -0.117. The number of carbonyl (C=O) groups excluding carboxylic acids is 2. The second-order valence-corrected chi connectivity index (χ2v) is 7.11. The van der Waals surface area contributed by atoms with Gasteiger partial charge in [-0.25, -0.2) is 4.79 Å². The Labute approximate surface area is 175 Å². The zero-order chi connectivity index (χ0) is 20.4. The second-order valence-electron chi connectivity index (χ2n) is 7.11. The Balaban J connectivity index is 0.00000300. The van der Waals surface area contributed by atoms with E-state index in [-0.39, 0.29) is 43.0 Å². The molecule has 0 saturated carbocycles. The molecule has 0 bridgehead atoms. The third kappa shape index (κ3) is 4.86. The number of anilines is 1. The molecule has 0 spiro atoms. The number of amides is 2. The van der Waals surface area contributed by atoms with Gasteiger partial charge in [0.05, 0.1) is 18.7 Å². The van der Waals surface area contributed by atoms with Crippen LogP contribution in [-0.2, 0) is 16.1 Å². The van der Waals surface area contributed by atoms with E-state index in [0.717, 1.165) is 11.3 Å². The number of halogens is 1. The summed E-state index contributed by atoms with van der Waals surface area (Å²) in [6.07, 6.45) is -0.164. The smallest absolute Gasteiger partial charge is 0.407 e. The van der Waals surface area contributed by atoms with Crippen molar-refractivity contribution >= 4 is 30.1 Å². The molecule has 3 N–H and O–H groups in total. The molecule has 2 aromatic rings. The first-order valence-corrected chi connectivity index (χ1v) is 9.24. The number of nitrogens with two attached hydrogens (primary N) is 1. The fourth-order valence-electron chi connectivity index (χ4n) is 3.47. The van der Waals surface area contributed by atoms with Crippen molar-refractivity contribution in [2.45, 2.75) is 58.8 Å². The van der Waals surface area contributed by atoms with Crippen LogP contribution < -0.4 is 16.0 Å². The Hall–Kier alpha value is -2.65. The van der Waals surface area contributed by atoms with Crippen LogP contribution in [0.4, 0.5) is 10.5 Å². The molecule has 0 saturated heterocycles. The van der Waals surface area contributed by atoms with Crippen LogP contribution in [0.15, 0.2) is 22.7 Å². The quantitative estimate of drug-likeness (QED) is 0.774. The van der Waals surface area contributed by atoms with Gasteiger partial charge in [0.25, 0.3) is 0 Å². The van der Waals surface area contributed by atoms with Crippen LogP contribution in [-0.4, -0.2) is 34.3 Å². The minimum Gasteiger partial charge on any atom is -0.447 e. The van der Waals surface area contributed by atoms with Crippen molar-refractivity contribution < 1.29 is 18.8 Å². The molecule has 1 aliphatic rings. The van der Waals surface area contributed by atoms with Gasteiger partial charge >= 0.3 is 6.09 Å². The van der Waals surface area contributed by atoms with Crippen LogP contribution in [0.1, 0.15) is 51.6 Å². The van der Waals surface area contributed by atoms with E-state index >= 15 is 0 Å². The van der Waals surface area contributed by atoms with Gasteiger partial charge in [-0.05, 0) is 51.0 Å². The highest BCUT2D eigenvalue weighted by molar-refractivity contribution is 5.94. The molecule has 2 amide bonds. The molecule has 29 heavy (non-hydrogen) atoms. The number of benzene rings is 1. The van der Waals surface area contributed by atoms with Crippen molar-refractivity contribution in [2.24, 2.45) is 5.73 Å². The molecule has 2 atom stereocenters. The van der Waals surface area contributed by atoms with Crippen LogP contribution >= 0.6 is 12.4 Å². The highest BCUT2D eigenvalue weighted by Crippen LogP contribution is 2.39. The SMILES string of the molecule is CC(=O)N1c2ccc(-c3noc(CN)n3)cc2[C@H](NC(=O)OC(C)C)C[C@@H]1C.Cl. The van der Waals surface area contributed by atoms with Crippen molar-refractivity contribution in [3.63, 3.8) is 0 Å². The van der Waals surface area contributed by atoms with E-state index in [9.17, 15) is 9.59 Å². The lowest BCUT2D eigenvalue weighted by atomic mass is 9.90. The summed E-state index contributed by atoms with van der Waals surface area (Å²) in [5.41, 5.74) is 7.79. The number of nitrogens with zero attached hydrogens (tertiary/aromatic N) is 3. The van der Waals surface area contributed by atoms with E-state index in [1.165, 1.54) is 6.92 Å². The van der Waals surface area contributed by atoms with E-state index in [2.05, 4.69) is 15.5 Å². The maximum atomic E-state index is 12.2. The van der Waals surface area contributed by atoms with Gasteiger partial charge in [-0.1, -0.05) is 5.16 Å². The van der Waals surface area contributed by atoms with Gasteiger partial charge in [0.15, 0.2) is 0 Å². The number of carbonyl (C=O) groups is 2. The average molecular weight is 424 g/mol. The van der Waals surface area contributed by atoms with E-state index < -0.39 is 6.09 Å². The molecule has 1 aromatic heterocycles. The number of rotatable bonds is 4. The monoisotopic (exact) mass is 423 g/mol. The normalized spacial score (nSPS) is 18.1. The third-order valence-electron chi connectivity index (χ3n) is 4.56. The lowest BCUT2D eigenvalue weighted by Crippen LogP contribution is -2.45. The Morgan fingerprint density at radius 2 is 2.14 bits per heavy atom. The standard InChI is InChI=1S/C19H25N5O4.ClH/c1-10(2)27-19(26)21-15-7-11(3)24(12(4)25)16-6-5-13(8-14(15)16)18-22-17(9-20)28-23-18;/h5-6,8,10-11,15H,7,9,20H2,1-4H3,(H,21,26);1H/t11-,15+;/m0./s1. The molecule has 1 aromatic carbocycles. The van der Waals surface area contributed by atoms with E-state index in [1.54, 1.807) is 18.7 Å². The molecule has 0 unspecified atom stereocenters. The van der Waals surface area contributed by atoms with Gasteiger partial charge in [0, 0.05) is 24.2 Å². The number of aromatic nitrogens is 2. The van der Waals surface area contributed by atoms with Gasteiger partial charge in [-0.2, -0.15) is 4.98 Å². The highest BCUT2D eigenvalue weighted by atomic mass is 35.5. The van der Waals surface area contributed by atoms with Crippen molar-refractivity contribution in [1.82, 2.24) is 15.5 Å². The Bertz CT molecular complexity index is 885. The van der Waals surface area contributed by atoms with Crippen molar-refractivity contribution in [3.05, 3.63) is 29.7 Å². The highest BCUT2D eigenvalue weighted by Gasteiger charge is 2.34. The third-order valence-corrected chi connectivity index (χ3v) is 4.56. The summed E-state index contributed by atoms with van der Waals surface area (Å²) in [7, 11) is 0. The lowest BCUT2D eigenvalue weighted by Gasteiger charge is -2.39. The topological polar surface area (TPSA) is 124 Å². The Morgan fingerprint density at radius 1 is 1.41 bits per heavy atom. The second kappa shape index (κ2) is 9.23. The van der Waals surface area contributed by atoms with Crippen LogP contribution in [0.5, 0.6) is 0 Å². The van der Waals surface area contributed by atoms with E-state index in [0.29, 0.717) is 23.7 Å². The molecule has 9 nitrogen and oxygen atoms in total. The first-order valence-electron chi connectivity index (χ1n) is 9.24. The maximum absolute atomic E-state index is 12.2. The fourth-order valence-corrected chi connectivity index (χ4v) is 3.47. The minimum absolute atomic E-state index is 0. The van der Waals surface area contributed by atoms with Gasteiger partial charge in [0.1, 0.15) is 0 Å². The summed E-state index contributed by atoms with van der Waals surface area (Å²) in [6, 6.07) is 5.13. The van der Waals surface area contributed by atoms with Gasteiger partial charge in [0.2, 0.25) is 17.6 Å². The molecular formula is C19H26ClN5O4. The molecule has 158 valence electrons. The predicted molar refractivity (Wildman–Crippen MR) is 110 cm³/mol. The van der Waals surface area contributed by atoms with Crippen molar-refractivity contribution in [3.8, 4) is 11.4 Å². The Morgan fingerprint density at radius 3 is 2.72 bits per heavy atom. The minimum atomic E-state index is -0.496. The number of hydrogen-bond acceptors (Lipinski definition) is 7. The van der Waals surface area contributed by atoms with Gasteiger partial charge < -0.3 is 25.2 Å². The summed E-state index contributed by atoms with van der Waals surface area (Å²) in [5.74, 6) is 0.677. The molecule has 1 aliphatic heterocycles. The number of hydrogen-bond donors (Lipinski definition) is 2. The van der Waals surface area contributed by atoms with Crippen LogP contribution in [0.25, 0.3) is 11.4 Å². The summed E-state index contributed by atoms with van der Waals surface area (Å²) in [5, 5.41) is 6.85. The summed E-state index contributed by atoms with van der Waals surface area (Å²) in [6.45, 7) is 7.21. The zero-order valence-corrected chi connectivity index (χ0v) is 17.7. The molecular weight excluding hydrogens is 398 g/mol. The summed E-state index contributed by atoms with van der Waals surface area (Å²) >= 11 is 0. The maximum Gasteiger partial charge on any atom is 0.407 e. The first-order chi connectivity index (χ1) is 13.3. The number of ether oxygens (including phenoxy) is 1. The van der Waals surface area contributed by atoms with E-state index in [4.69, 9.17) is 15.0 Å². The van der Waals surface area contributed by atoms with Crippen LogP contribution in [0.3, 0.4) is 0 Å². The molecule has 2 heterocycles. The predicted octanol–water partition coefficient (Wildman–Crippen LogP) is 2.94. The fraction of sp³-hybridized carbons (Fsp3) is 0.474. The number of alkyl carbamates (subject to hydrolysis) is 1. The van der Waals surface area contributed by atoms with E-state index in [1.807, 2.05) is 25.1 Å². The molecule has 0 fully saturated rings. The van der Waals surface area contributed by atoms with Crippen molar-refractivity contribution in [2.75, 3.05) is 4.90 Å². The Kier molecular flexibility index (Phi) is 7.21. The largest absolute Gasteiger partial charge is 0.447 e. The first kappa shape index (κ1) is 22.6. The molecule has 10 heteroatoms. The molecule has 0 radical (unpaired) electrons. The summed E-state index contributed by atoms with van der Waals surface area (Å²) in [4.78, 5) is 30.4. The average Bonchev–Trinajstić information content (AvgIpc) is 3.09. The van der Waals surface area contributed by atoms with Crippen LogP contribution in [0, 0.1) is 0 Å². The molecule has 3 rings (SSSR count).